The molecule has 2 heteroatoms. The van der Waals surface area contributed by atoms with Crippen molar-refractivity contribution in [1.82, 2.24) is 0 Å². The van der Waals surface area contributed by atoms with E-state index in [1.165, 1.54) is 25.7 Å². The van der Waals surface area contributed by atoms with Gasteiger partial charge in [0.05, 0.1) is 0 Å². The third kappa shape index (κ3) is 14.1. The normalized spacial score (nSPS) is 12.0. The van der Waals surface area contributed by atoms with E-state index >= 15 is 0 Å². The van der Waals surface area contributed by atoms with Crippen molar-refractivity contribution in [1.29, 1.82) is 0 Å². The second kappa shape index (κ2) is 12.9. The zero-order valence-corrected chi connectivity index (χ0v) is 13.9. The first kappa shape index (κ1) is 18.9. The summed E-state index contributed by atoms with van der Waals surface area (Å²) in [6, 6.07) is 0. The maximum absolute atomic E-state index is 5.89. The first-order valence-corrected chi connectivity index (χ1v) is 8.29. The van der Waals surface area contributed by atoms with Crippen molar-refractivity contribution in [2.45, 2.75) is 85.9 Å². The van der Waals surface area contributed by atoms with Crippen LogP contribution in [0.1, 0.15) is 79.6 Å². The monoisotopic (exact) mass is 272 g/mol. The number of unbranched alkanes of at least 4 members (excludes halogenated alkanes) is 3. The maximum atomic E-state index is 5.89. The third-order valence-corrected chi connectivity index (χ3v) is 3.29. The van der Waals surface area contributed by atoms with Crippen molar-refractivity contribution >= 4 is 0 Å². The van der Waals surface area contributed by atoms with Gasteiger partial charge < -0.3 is 9.47 Å². The topological polar surface area (TPSA) is 18.5 Å². The van der Waals surface area contributed by atoms with Crippen molar-refractivity contribution in [3.05, 3.63) is 0 Å². The minimum absolute atomic E-state index is 0.0226. The van der Waals surface area contributed by atoms with Crippen LogP contribution in [0.15, 0.2) is 0 Å². The summed E-state index contributed by atoms with van der Waals surface area (Å²) in [5, 5.41) is 0. The van der Waals surface area contributed by atoms with Gasteiger partial charge in [0, 0.05) is 13.2 Å². The Balaban J connectivity index is 3.78. The van der Waals surface area contributed by atoms with Gasteiger partial charge in [0.2, 0.25) is 0 Å². The van der Waals surface area contributed by atoms with Crippen LogP contribution in [0.4, 0.5) is 0 Å². The van der Waals surface area contributed by atoms with Gasteiger partial charge in [0.25, 0.3) is 0 Å². The van der Waals surface area contributed by atoms with E-state index < -0.39 is 0 Å². The van der Waals surface area contributed by atoms with E-state index in [0.29, 0.717) is 11.8 Å². The molecule has 0 aliphatic carbocycles. The molecule has 0 aromatic rings. The average molecular weight is 272 g/mol. The SMILES string of the molecule is CCCCCCC(OCCC(C)C)OCCC(C)C. The quantitative estimate of drug-likeness (QED) is 0.330. The summed E-state index contributed by atoms with van der Waals surface area (Å²) in [6.07, 6.45) is 8.46. The van der Waals surface area contributed by atoms with Gasteiger partial charge in [-0.3, -0.25) is 0 Å². The summed E-state index contributed by atoms with van der Waals surface area (Å²) in [7, 11) is 0. The summed E-state index contributed by atoms with van der Waals surface area (Å²) in [4.78, 5) is 0. The fraction of sp³-hybridized carbons (Fsp3) is 1.00. The van der Waals surface area contributed by atoms with Crippen LogP contribution < -0.4 is 0 Å². The van der Waals surface area contributed by atoms with E-state index in [2.05, 4.69) is 34.6 Å². The summed E-state index contributed by atoms with van der Waals surface area (Å²) < 4.78 is 11.8. The zero-order valence-electron chi connectivity index (χ0n) is 13.9. The molecular formula is C17H36O2. The van der Waals surface area contributed by atoms with Crippen molar-refractivity contribution in [3.63, 3.8) is 0 Å². The lowest BCUT2D eigenvalue weighted by Crippen LogP contribution is -2.20. The van der Waals surface area contributed by atoms with Gasteiger partial charge >= 0.3 is 0 Å². The fourth-order valence-electron chi connectivity index (χ4n) is 1.82. The second-order valence-corrected chi connectivity index (χ2v) is 6.39. The van der Waals surface area contributed by atoms with Gasteiger partial charge in [-0.2, -0.15) is 0 Å². The minimum atomic E-state index is 0.0226. The molecule has 19 heavy (non-hydrogen) atoms. The maximum Gasteiger partial charge on any atom is 0.157 e. The average Bonchev–Trinajstić information content (AvgIpc) is 2.33. The highest BCUT2D eigenvalue weighted by molar-refractivity contribution is 4.52. The molecule has 0 bridgehead atoms. The van der Waals surface area contributed by atoms with Gasteiger partial charge in [-0.05, 0) is 37.5 Å². The molecule has 0 saturated carbocycles. The van der Waals surface area contributed by atoms with Crippen molar-refractivity contribution in [2.24, 2.45) is 11.8 Å². The first-order valence-electron chi connectivity index (χ1n) is 8.29. The summed E-state index contributed by atoms with van der Waals surface area (Å²) in [5.41, 5.74) is 0. The number of ether oxygens (including phenoxy) is 2. The van der Waals surface area contributed by atoms with E-state index in [-0.39, 0.29) is 6.29 Å². The second-order valence-electron chi connectivity index (χ2n) is 6.39. The molecular weight excluding hydrogens is 236 g/mol. The molecule has 0 aliphatic rings. The molecule has 0 aromatic heterocycles. The van der Waals surface area contributed by atoms with E-state index in [9.17, 15) is 0 Å². The Bertz CT molecular complexity index is 164. The van der Waals surface area contributed by atoms with Crippen LogP contribution in [0.25, 0.3) is 0 Å². The highest BCUT2D eigenvalue weighted by Gasteiger charge is 2.10. The smallest absolute Gasteiger partial charge is 0.157 e. The van der Waals surface area contributed by atoms with Crippen LogP contribution in [0.3, 0.4) is 0 Å². The Morgan fingerprint density at radius 3 is 1.63 bits per heavy atom. The standard InChI is InChI=1S/C17H36O2/c1-6-7-8-9-10-17(18-13-11-15(2)3)19-14-12-16(4)5/h15-17H,6-14H2,1-5H3. The zero-order chi connectivity index (χ0) is 14.5. The van der Waals surface area contributed by atoms with Gasteiger partial charge in [0.1, 0.15) is 0 Å². The van der Waals surface area contributed by atoms with E-state index in [1.54, 1.807) is 0 Å². The lowest BCUT2D eigenvalue weighted by atomic mass is 10.1. The largest absolute Gasteiger partial charge is 0.353 e. The van der Waals surface area contributed by atoms with Crippen LogP contribution in [-0.2, 0) is 9.47 Å². The first-order chi connectivity index (χ1) is 9.06. The molecule has 0 amide bonds. The lowest BCUT2D eigenvalue weighted by molar-refractivity contribution is -0.150. The van der Waals surface area contributed by atoms with Crippen LogP contribution in [0.2, 0.25) is 0 Å². The Kier molecular flexibility index (Phi) is 12.9. The van der Waals surface area contributed by atoms with Gasteiger partial charge in [-0.1, -0.05) is 53.9 Å². The van der Waals surface area contributed by atoms with Gasteiger partial charge in [-0.25, -0.2) is 0 Å². The molecule has 0 radical (unpaired) electrons. The Hall–Kier alpha value is -0.0800. The molecule has 0 atom stereocenters. The number of rotatable bonds is 13. The van der Waals surface area contributed by atoms with E-state index in [1.807, 2.05) is 0 Å². The molecule has 0 heterocycles. The predicted molar refractivity (Wildman–Crippen MR) is 83.4 cm³/mol. The molecule has 116 valence electrons. The summed E-state index contributed by atoms with van der Waals surface area (Å²) in [5.74, 6) is 1.41. The van der Waals surface area contributed by atoms with E-state index in [4.69, 9.17) is 9.47 Å². The molecule has 0 saturated heterocycles. The molecule has 0 fully saturated rings. The molecule has 0 aromatic carbocycles. The molecule has 0 N–H and O–H groups in total. The highest BCUT2D eigenvalue weighted by atomic mass is 16.7. The number of hydrogen-bond acceptors (Lipinski definition) is 2. The van der Waals surface area contributed by atoms with Crippen LogP contribution in [-0.4, -0.2) is 19.5 Å². The Labute approximate surface area is 121 Å². The summed E-state index contributed by atoms with van der Waals surface area (Å²) in [6.45, 7) is 12.8. The van der Waals surface area contributed by atoms with Gasteiger partial charge in [-0.15, -0.1) is 0 Å². The minimum Gasteiger partial charge on any atom is -0.353 e. The summed E-state index contributed by atoms with van der Waals surface area (Å²) >= 11 is 0. The van der Waals surface area contributed by atoms with Crippen LogP contribution in [0, 0.1) is 11.8 Å². The number of hydrogen-bond donors (Lipinski definition) is 0. The molecule has 0 rings (SSSR count). The predicted octanol–water partition coefficient (Wildman–Crippen LogP) is 5.41. The van der Waals surface area contributed by atoms with Gasteiger partial charge in [0.15, 0.2) is 6.29 Å². The Morgan fingerprint density at radius 1 is 0.684 bits per heavy atom. The molecule has 2 nitrogen and oxygen atoms in total. The highest BCUT2D eigenvalue weighted by Crippen LogP contribution is 2.12. The molecule has 0 aliphatic heterocycles. The van der Waals surface area contributed by atoms with Crippen molar-refractivity contribution < 1.29 is 9.47 Å². The molecule has 0 spiro atoms. The van der Waals surface area contributed by atoms with Crippen molar-refractivity contribution in [2.75, 3.05) is 13.2 Å². The van der Waals surface area contributed by atoms with Crippen LogP contribution in [0.5, 0.6) is 0 Å². The van der Waals surface area contributed by atoms with Crippen LogP contribution >= 0.6 is 0 Å². The van der Waals surface area contributed by atoms with E-state index in [0.717, 1.165) is 32.5 Å². The van der Waals surface area contributed by atoms with Crippen molar-refractivity contribution in [3.8, 4) is 0 Å². The Morgan fingerprint density at radius 2 is 1.21 bits per heavy atom. The molecule has 0 unspecified atom stereocenters. The third-order valence-electron chi connectivity index (χ3n) is 3.29. The lowest BCUT2D eigenvalue weighted by Gasteiger charge is -2.20. The fourth-order valence-corrected chi connectivity index (χ4v) is 1.82.